The fourth-order valence-corrected chi connectivity index (χ4v) is 4.74. The van der Waals surface area contributed by atoms with Gasteiger partial charge in [-0.05, 0) is 17.7 Å². The maximum Gasteiger partial charge on any atom is 0.230 e. The van der Waals surface area contributed by atoms with Crippen LogP contribution in [0.1, 0.15) is 35.5 Å². The lowest BCUT2D eigenvalue weighted by Gasteiger charge is -2.04. The van der Waals surface area contributed by atoms with Crippen molar-refractivity contribution < 1.29 is 18.0 Å². The summed E-state index contributed by atoms with van der Waals surface area (Å²) < 4.78 is 23.8. The molecule has 0 radical (unpaired) electrons. The lowest BCUT2D eigenvalue weighted by atomic mass is 10.1. The second-order valence-corrected chi connectivity index (χ2v) is 9.89. The molecule has 1 heterocycles. The number of hydrogen-bond acceptors (Lipinski definition) is 6. The van der Waals surface area contributed by atoms with E-state index in [0.29, 0.717) is 27.7 Å². The van der Waals surface area contributed by atoms with Gasteiger partial charge < -0.3 is 5.32 Å². The molecule has 3 rings (SSSR count). The smallest absolute Gasteiger partial charge is 0.230 e. The van der Waals surface area contributed by atoms with E-state index in [0.717, 1.165) is 16.9 Å². The number of nitrogens with zero attached hydrogens (tertiary/aromatic N) is 1. The van der Waals surface area contributed by atoms with E-state index >= 15 is 0 Å². The molecule has 2 aromatic carbocycles. The van der Waals surface area contributed by atoms with Crippen molar-refractivity contribution in [1.29, 1.82) is 0 Å². The Balaban J connectivity index is 1.77. The van der Waals surface area contributed by atoms with Crippen LogP contribution in [0.5, 0.6) is 0 Å². The van der Waals surface area contributed by atoms with Crippen LogP contribution in [0.3, 0.4) is 0 Å². The number of ketones is 1. The molecule has 3 aromatic rings. The number of carbonyl (C=O) groups is 2. The minimum atomic E-state index is -3.27. The molecule has 0 saturated heterocycles. The molecular formula is C22H22N2O4S2. The third-order valence-electron chi connectivity index (χ3n) is 4.52. The molecular weight excluding hydrogens is 420 g/mol. The first-order valence-electron chi connectivity index (χ1n) is 9.55. The largest absolute Gasteiger partial charge is 0.302 e. The van der Waals surface area contributed by atoms with Gasteiger partial charge in [-0.3, -0.25) is 9.59 Å². The van der Waals surface area contributed by atoms with Crippen molar-refractivity contribution >= 4 is 38.0 Å². The van der Waals surface area contributed by atoms with E-state index in [4.69, 9.17) is 0 Å². The average Bonchev–Trinajstić information content (AvgIpc) is 3.17. The van der Waals surface area contributed by atoms with Gasteiger partial charge in [0.2, 0.25) is 5.91 Å². The van der Waals surface area contributed by atoms with Crippen molar-refractivity contribution in [3.63, 3.8) is 0 Å². The number of nitrogens with one attached hydrogen (secondary N) is 1. The summed E-state index contributed by atoms with van der Waals surface area (Å²) >= 11 is 1.16. The van der Waals surface area contributed by atoms with Crippen LogP contribution < -0.4 is 5.32 Å². The SMILES string of the molecule is CCC(=O)c1sc(NC(=O)Cc2ccc(S(=O)(=O)CC)cc2)nc1-c1ccccc1. The van der Waals surface area contributed by atoms with Crippen molar-refractivity contribution in [1.82, 2.24) is 4.98 Å². The minimum absolute atomic E-state index is 0.0272. The maximum absolute atomic E-state index is 12.5. The Kier molecular flexibility index (Phi) is 6.79. The van der Waals surface area contributed by atoms with Crippen molar-refractivity contribution in [2.45, 2.75) is 31.6 Å². The van der Waals surface area contributed by atoms with Gasteiger partial charge in [0.1, 0.15) is 0 Å². The van der Waals surface area contributed by atoms with Gasteiger partial charge in [-0.25, -0.2) is 13.4 Å². The molecule has 1 aromatic heterocycles. The number of thiazole rings is 1. The lowest BCUT2D eigenvalue weighted by molar-refractivity contribution is -0.115. The number of sulfone groups is 1. The van der Waals surface area contributed by atoms with Crippen LogP contribution in [-0.2, 0) is 21.1 Å². The highest BCUT2D eigenvalue weighted by Crippen LogP contribution is 2.32. The molecule has 0 fully saturated rings. The first kappa shape index (κ1) is 21.9. The lowest BCUT2D eigenvalue weighted by Crippen LogP contribution is -2.14. The van der Waals surface area contributed by atoms with Crippen LogP contribution in [0.2, 0.25) is 0 Å². The standard InChI is InChI=1S/C22H22N2O4S2/c1-3-18(25)21-20(16-8-6-5-7-9-16)24-22(29-21)23-19(26)14-15-10-12-17(13-11-15)30(27,28)4-2/h5-13H,3-4,14H2,1-2H3,(H,23,24,26). The van der Waals surface area contributed by atoms with Crippen LogP contribution in [-0.4, -0.2) is 30.8 Å². The molecule has 156 valence electrons. The molecule has 0 aliphatic carbocycles. The molecule has 0 aliphatic rings. The molecule has 1 amide bonds. The summed E-state index contributed by atoms with van der Waals surface area (Å²) in [5, 5.41) is 3.12. The molecule has 30 heavy (non-hydrogen) atoms. The van der Waals surface area contributed by atoms with E-state index < -0.39 is 9.84 Å². The van der Waals surface area contributed by atoms with E-state index in [1.807, 2.05) is 30.3 Å². The predicted molar refractivity (Wildman–Crippen MR) is 119 cm³/mol. The van der Waals surface area contributed by atoms with E-state index in [1.165, 1.54) is 12.1 Å². The van der Waals surface area contributed by atoms with Crippen LogP contribution in [0, 0.1) is 0 Å². The van der Waals surface area contributed by atoms with Crippen LogP contribution in [0.25, 0.3) is 11.3 Å². The van der Waals surface area contributed by atoms with Crippen LogP contribution in [0.4, 0.5) is 5.13 Å². The first-order chi connectivity index (χ1) is 14.3. The molecule has 0 saturated carbocycles. The van der Waals surface area contributed by atoms with E-state index in [1.54, 1.807) is 26.0 Å². The second kappa shape index (κ2) is 9.32. The maximum atomic E-state index is 12.5. The van der Waals surface area contributed by atoms with E-state index in [-0.39, 0.29) is 28.8 Å². The number of anilines is 1. The van der Waals surface area contributed by atoms with Crippen molar-refractivity contribution in [3.05, 3.63) is 65.0 Å². The molecule has 1 N–H and O–H groups in total. The summed E-state index contributed by atoms with van der Waals surface area (Å²) in [5.41, 5.74) is 2.07. The summed E-state index contributed by atoms with van der Waals surface area (Å²) in [7, 11) is -3.27. The number of hydrogen-bond donors (Lipinski definition) is 1. The van der Waals surface area contributed by atoms with Gasteiger partial charge in [0, 0.05) is 12.0 Å². The molecule has 0 bridgehead atoms. The molecule has 0 unspecified atom stereocenters. The molecule has 0 aliphatic heterocycles. The molecule has 0 spiro atoms. The van der Waals surface area contributed by atoms with Gasteiger partial charge in [-0.15, -0.1) is 0 Å². The number of aromatic nitrogens is 1. The molecule has 8 heteroatoms. The summed E-state index contributed by atoms with van der Waals surface area (Å²) in [4.78, 5) is 30.0. The Morgan fingerprint density at radius 2 is 1.67 bits per heavy atom. The van der Waals surface area contributed by atoms with Gasteiger partial charge in [0.15, 0.2) is 20.8 Å². The third kappa shape index (κ3) is 5.01. The number of rotatable bonds is 8. The van der Waals surface area contributed by atoms with Crippen LogP contribution >= 0.6 is 11.3 Å². The monoisotopic (exact) mass is 442 g/mol. The zero-order valence-electron chi connectivity index (χ0n) is 16.7. The Labute approximate surface area is 179 Å². The first-order valence-corrected chi connectivity index (χ1v) is 12.0. The Bertz CT molecular complexity index is 1150. The topological polar surface area (TPSA) is 93.2 Å². The molecule has 0 atom stereocenters. The number of amides is 1. The zero-order valence-corrected chi connectivity index (χ0v) is 18.3. The van der Waals surface area contributed by atoms with Crippen molar-refractivity contribution in [2.75, 3.05) is 11.1 Å². The van der Waals surface area contributed by atoms with Gasteiger partial charge in [0.25, 0.3) is 0 Å². The number of carbonyl (C=O) groups excluding carboxylic acids is 2. The fraction of sp³-hybridized carbons (Fsp3) is 0.227. The van der Waals surface area contributed by atoms with E-state index in [9.17, 15) is 18.0 Å². The minimum Gasteiger partial charge on any atom is -0.302 e. The number of benzene rings is 2. The van der Waals surface area contributed by atoms with E-state index in [2.05, 4.69) is 10.3 Å². The fourth-order valence-electron chi connectivity index (χ4n) is 2.84. The summed E-state index contributed by atoms with van der Waals surface area (Å²) in [5.74, 6) is -0.288. The Hall–Kier alpha value is -2.84. The second-order valence-electron chi connectivity index (χ2n) is 6.61. The van der Waals surface area contributed by atoms with Gasteiger partial charge in [-0.1, -0.05) is 67.6 Å². The third-order valence-corrected chi connectivity index (χ3v) is 7.28. The Morgan fingerprint density at radius 1 is 1.00 bits per heavy atom. The highest BCUT2D eigenvalue weighted by Gasteiger charge is 2.19. The highest BCUT2D eigenvalue weighted by molar-refractivity contribution is 7.91. The van der Waals surface area contributed by atoms with Crippen LogP contribution in [0.15, 0.2) is 59.5 Å². The Morgan fingerprint density at radius 3 is 2.27 bits per heavy atom. The normalized spacial score (nSPS) is 11.3. The van der Waals surface area contributed by atoms with Crippen molar-refractivity contribution in [2.24, 2.45) is 0 Å². The zero-order chi connectivity index (χ0) is 21.7. The number of Topliss-reactive ketones (excluding diaryl/α,β-unsaturated/α-hetero) is 1. The molecule has 6 nitrogen and oxygen atoms in total. The van der Waals surface area contributed by atoms with Gasteiger partial charge in [0.05, 0.1) is 27.6 Å². The highest BCUT2D eigenvalue weighted by atomic mass is 32.2. The quantitative estimate of drug-likeness (QED) is 0.523. The average molecular weight is 443 g/mol. The predicted octanol–water partition coefficient (Wildman–Crippen LogP) is 4.38. The van der Waals surface area contributed by atoms with Crippen molar-refractivity contribution in [3.8, 4) is 11.3 Å². The van der Waals surface area contributed by atoms with Gasteiger partial charge in [-0.2, -0.15) is 0 Å². The summed E-state index contributed by atoms with van der Waals surface area (Å²) in [6.07, 6.45) is 0.423. The van der Waals surface area contributed by atoms with Gasteiger partial charge >= 0.3 is 0 Å². The summed E-state index contributed by atoms with van der Waals surface area (Å²) in [6, 6.07) is 15.7. The summed E-state index contributed by atoms with van der Waals surface area (Å²) in [6.45, 7) is 3.38.